The average molecular weight is 428 g/mol. The quantitative estimate of drug-likeness (QED) is 0.740. The smallest absolute Gasteiger partial charge is 0.241 e. The number of rotatable bonds is 5. The highest BCUT2D eigenvalue weighted by atomic mass is 32.1. The van der Waals surface area contributed by atoms with Crippen LogP contribution in [0.2, 0.25) is 0 Å². The second-order valence-electron chi connectivity index (χ2n) is 8.53. The van der Waals surface area contributed by atoms with E-state index in [1.807, 2.05) is 18.3 Å². The third-order valence-corrected chi connectivity index (χ3v) is 7.89. The summed E-state index contributed by atoms with van der Waals surface area (Å²) < 4.78 is 12.1. The van der Waals surface area contributed by atoms with Crippen molar-refractivity contribution in [2.75, 3.05) is 26.3 Å². The van der Waals surface area contributed by atoms with Crippen molar-refractivity contribution in [1.29, 1.82) is 0 Å². The van der Waals surface area contributed by atoms with Crippen LogP contribution in [-0.2, 0) is 16.0 Å². The van der Waals surface area contributed by atoms with Gasteiger partial charge in [-0.25, -0.2) is 4.98 Å². The standard InChI is InChI=1S/C23H29N3O3S/c24-20(27)8-2-15-1-7-19-21(15)22-18(9-10-25-23(22)30-19)29-17-5-3-16(4-6-17)26-11-13-28-14-12-26/h2,8-10,15-17H,1,3-7,11-14H2,(H2,24,27)/b8-2+/t15-,16?,17?/m1/s1. The van der Waals surface area contributed by atoms with Crippen LogP contribution in [0.25, 0.3) is 10.2 Å². The van der Waals surface area contributed by atoms with Crippen LogP contribution >= 0.6 is 11.3 Å². The fourth-order valence-electron chi connectivity index (χ4n) is 5.22. The number of carbonyl (C=O) groups excluding carboxylic acids is 1. The van der Waals surface area contributed by atoms with E-state index in [0.717, 1.165) is 68.0 Å². The number of nitrogens with two attached hydrogens (primary N) is 1. The molecule has 0 aromatic carbocycles. The van der Waals surface area contributed by atoms with Crippen LogP contribution in [0.5, 0.6) is 5.75 Å². The van der Waals surface area contributed by atoms with Crippen LogP contribution in [0.3, 0.4) is 0 Å². The number of pyridine rings is 1. The molecule has 2 aromatic rings. The molecule has 30 heavy (non-hydrogen) atoms. The first-order chi connectivity index (χ1) is 14.7. The van der Waals surface area contributed by atoms with Crippen LogP contribution in [0.4, 0.5) is 0 Å². The Morgan fingerprint density at radius 3 is 2.80 bits per heavy atom. The lowest BCUT2D eigenvalue weighted by atomic mass is 9.91. The Labute approximate surface area is 181 Å². The zero-order valence-electron chi connectivity index (χ0n) is 17.2. The van der Waals surface area contributed by atoms with Gasteiger partial charge in [0, 0.05) is 36.1 Å². The fraction of sp³-hybridized carbons (Fsp3) is 0.565. The van der Waals surface area contributed by atoms with Crippen molar-refractivity contribution in [2.45, 2.75) is 56.6 Å². The van der Waals surface area contributed by atoms with Gasteiger partial charge < -0.3 is 15.2 Å². The van der Waals surface area contributed by atoms with Crippen LogP contribution in [-0.4, -0.2) is 54.2 Å². The molecule has 1 saturated heterocycles. The molecule has 3 heterocycles. The molecule has 5 rings (SSSR count). The zero-order valence-corrected chi connectivity index (χ0v) is 18.0. The Morgan fingerprint density at radius 2 is 2.03 bits per heavy atom. The molecule has 1 aliphatic heterocycles. The molecule has 3 aliphatic rings. The van der Waals surface area contributed by atoms with Gasteiger partial charge in [-0.1, -0.05) is 6.08 Å². The number of nitrogens with zero attached hydrogens (tertiary/aromatic N) is 2. The minimum absolute atomic E-state index is 0.213. The maximum absolute atomic E-state index is 11.2. The number of fused-ring (bicyclic) bond motifs is 3. The summed E-state index contributed by atoms with van der Waals surface area (Å²) in [5.74, 6) is 0.770. The average Bonchev–Trinajstić information content (AvgIpc) is 3.33. The summed E-state index contributed by atoms with van der Waals surface area (Å²) in [4.78, 5) is 20.8. The Morgan fingerprint density at radius 1 is 1.23 bits per heavy atom. The summed E-state index contributed by atoms with van der Waals surface area (Å²) in [7, 11) is 0. The number of thiophene rings is 1. The third-order valence-electron chi connectivity index (χ3n) is 6.71. The number of morpholine rings is 1. The van der Waals surface area contributed by atoms with Crippen molar-refractivity contribution >= 4 is 27.5 Å². The first kappa shape index (κ1) is 20.0. The summed E-state index contributed by atoms with van der Waals surface area (Å²) >= 11 is 1.76. The minimum atomic E-state index is -0.394. The second-order valence-corrected chi connectivity index (χ2v) is 9.62. The van der Waals surface area contributed by atoms with Crippen LogP contribution in [0.1, 0.15) is 48.5 Å². The van der Waals surface area contributed by atoms with E-state index in [2.05, 4.69) is 9.88 Å². The van der Waals surface area contributed by atoms with Crippen LogP contribution in [0, 0.1) is 0 Å². The summed E-state index contributed by atoms with van der Waals surface area (Å²) in [6.07, 6.45) is 12.1. The lowest BCUT2D eigenvalue weighted by Gasteiger charge is -2.38. The van der Waals surface area contributed by atoms with Gasteiger partial charge in [0.2, 0.25) is 5.91 Å². The Hall–Kier alpha value is -1.96. The van der Waals surface area contributed by atoms with Crippen molar-refractivity contribution in [3.8, 4) is 5.75 Å². The molecule has 2 aromatic heterocycles. The molecule has 2 N–H and O–H groups in total. The monoisotopic (exact) mass is 427 g/mol. The second kappa shape index (κ2) is 8.65. The van der Waals surface area contributed by atoms with Gasteiger partial charge in [0.25, 0.3) is 0 Å². The van der Waals surface area contributed by atoms with E-state index in [9.17, 15) is 4.79 Å². The predicted molar refractivity (Wildman–Crippen MR) is 118 cm³/mol. The van der Waals surface area contributed by atoms with Gasteiger partial charge in [-0.3, -0.25) is 9.69 Å². The van der Waals surface area contributed by atoms with Gasteiger partial charge in [0.05, 0.1) is 24.7 Å². The first-order valence-corrected chi connectivity index (χ1v) is 11.9. The van der Waals surface area contributed by atoms with Crippen molar-refractivity contribution in [1.82, 2.24) is 9.88 Å². The number of amides is 1. The number of hydrogen-bond donors (Lipinski definition) is 1. The summed E-state index contributed by atoms with van der Waals surface area (Å²) in [6.45, 7) is 3.84. The van der Waals surface area contributed by atoms with Gasteiger partial charge in [-0.15, -0.1) is 11.3 Å². The molecule has 0 unspecified atom stereocenters. The lowest BCUT2D eigenvalue weighted by molar-refractivity contribution is -0.113. The molecule has 2 aliphatic carbocycles. The van der Waals surface area contributed by atoms with E-state index in [1.54, 1.807) is 11.3 Å². The van der Waals surface area contributed by atoms with Gasteiger partial charge in [0.15, 0.2) is 0 Å². The molecule has 0 radical (unpaired) electrons. The molecule has 0 spiro atoms. The van der Waals surface area contributed by atoms with Crippen LogP contribution < -0.4 is 10.5 Å². The van der Waals surface area contributed by atoms with Gasteiger partial charge in [-0.05, 0) is 56.2 Å². The highest BCUT2D eigenvalue weighted by molar-refractivity contribution is 7.19. The number of aryl methyl sites for hydroxylation is 1. The van der Waals surface area contributed by atoms with Crippen molar-refractivity contribution in [3.05, 3.63) is 34.9 Å². The van der Waals surface area contributed by atoms with E-state index in [0.29, 0.717) is 6.04 Å². The predicted octanol–water partition coefficient (Wildman–Crippen LogP) is 3.39. The van der Waals surface area contributed by atoms with Crippen molar-refractivity contribution in [2.24, 2.45) is 5.73 Å². The zero-order chi connectivity index (χ0) is 20.5. The number of carbonyl (C=O) groups is 1. The van der Waals surface area contributed by atoms with Crippen molar-refractivity contribution < 1.29 is 14.3 Å². The number of ether oxygens (including phenoxy) is 2. The molecule has 6 nitrogen and oxygen atoms in total. The molecule has 7 heteroatoms. The van der Waals surface area contributed by atoms with E-state index in [1.165, 1.54) is 29.4 Å². The molecule has 2 fully saturated rings. The molecular formula is C23H29N3O3S. The normalized spacial score (nSPS) is 27.5. The minimum Gasteiger partial charge on any atom is -0.490 e. The number of hydrogen-bond acceptors (Lipinski definition) is 6. The van der Waals surface area contributed by atoms with Gasteiger partial charge >= 0.3 is 0 Å². The van der Waals surface area contributed by atoms with Gasteiger partial charge in [-0.2, -0.15) is 0 Å². The Bertz CT molecular complexity index is 943. The van der Waals surface area contributed by atoms with E-state index in [-0.39, 0.29) is 12.0 Å². The molecule has 1 atom stereocenters. The number of primary amides is 1. The maximum atomic E-state index is 11.2. The number of allylic oxidation sites excluding steroid dienone is 1. The molecular weight excluding hydrogens is 398 g/mol. The summed E-state index contributed by atoms with van der Waals surface area (Å²) in [5, 5.41) is 1.14. The van der Waals surface area contributed by atoms with E-state index >= 15 is 0 Å². The molecule has 160 valence electrons. The van der Waals surface area contributed by atoms with E-state index in [4.69, 9.17) is 15.2 Å². The third kappa shape index (κ3) is 3.98. The van der Waals surface area contributed by atoms with Crippen molar-refractivity contribution in [3.63, 3.8) is 0 Å². The maximum Gasteiger partial charge on any atom is 0.241 e. The first-order valence-electron chi connectivity index (χ1n) is 11.1. The Balaban J connectivity index is 1.33. The molecule has 1 amide bonds. The molecule has 0 bridgehead atoms. The fourth-order valence-corrected chi connectivity index (χ4v) is 6.47. The topological polar surface area (TPSA) is 77.7 Å². The highest BCUT2D eigenvalue weighted by Gasteiger charge is 2.31. The van der Waals surface area contributed by atoms with Crippen LogP contribution in [0.15, 0.2) is 24.4 Å². The van der Waals surface area contributed by atoms with Gasteiger partial charge in [0.1, 0.15) is 10.6 Å². The molecule has 1 saturated carbocycles. The SMILES string of the molecule is NC(=O)/C=C/[C@H]1CCc2sc3nccc(OC4CCC(N5CCOCC5)CC4)c3c21. The Kier molecular flexibility index (Phi) is 5.76. The largest absolute Gasteiger partial charge is 0.490 e. The lowest BCUT2D eigenvalue weighted by Crippen LogP contribution is -2.46. The highest BCUT2D eigenvalue weighted by Crippen LogP contribution is 2.47. The summed E-state index contributed by atoms with van der Waals surface area (Å²) in [6, 6.07) is 2.68. The summed E-state index contributed by atoms with van der Waals surface area (Å²) in [5.41, 5.74) is 6.62. The number of aromatic nitrogens is 1. The van der Waals surface area contributed by atoms with E-state index < -0.39 is 5.91 Å².